The van der Waals surface area contributed by atoms with Crippen LogP contribution in [-0.2, 0) is 11.3 Å². The van der Waals surface area contributed by atoms with Crippen molar-refractivity contribution < 1.29 is 9.53 Å². The Labute approximate surface area is 147 Å². The van der Waals surface area contributed by atoms with Crippen LogP contribution in [0.15, 0.2) is 30.7 Å². The maximum absolute atomic E-state index is 12.7. The molecule has 7 heteroatoms. The summed E-state index contributed by atoms with van der Waals surface area (Å²) in [6.45, 7) is 3.46. The minimum Gasteiger partial charge on any atom is -0.376 e. The molecule has 0 radical (unpaired) electrons. The third kappa shape index (κ3) is 3.66. The van der Waals surface area contributed by atoms with Crippen molar-refractivity contribution in [2.75, 3.05) is 29.9 Å². The highest BCUT2D eigenvalue weighted by Crippen LogP contribution is 2.23. The van der Waals surface area contributed by atoms with Crippen LogP contribution in [0.5, 0.6) is 0 Å². The molecule has 2 fully saturated rings. The van der Waals surface area contributed by atoms with Gasteiger partial charge in [0.25, 0.3) is 5.91 Å². The molecular formula is C18H23N5O2. The number of pyridine rings is 1. The quantitative estimate of drug-likeness (QED) is 0.903. The van der Waals surface area contributed by atoms with E-state index in [2.05, 4.69) is 20.3 Å². The van der Waals surface area contributed by atoms with E-state index in [-0.39, 0.29) is 12.0 Å². The van der Waals surface area contributed by atoms with E-state index in [4.69, 9.17) is 4.74 Å². The van der Waals surface area contributed by atoms with Gasteiger partial charge in [-0.2, -0.15) is 5.10 Å². The summed E-state index contributed by atoms with van der Waals surface area (Å²) < 4.78 is 7.46. The molecule has 2 aliphatic rings. The van der Waals surface area contributed by atoms with Gasteiger partial charge in [-0.1, -0.05) is 0 Å². The van der Waals surface area contributed by atoms with E-state index in [1.54, 1.807) is 18.5 Å². The Bertz CT molecular complexity index is 733. The molecule has 2 aromatic rings. The molecule has 1 amide bonds. The Morgan fingerprint density at radius 2 is 2.20 bits per heavy atom. The molecule has 7 nitrogen and oxygen atoms in total. The summed E-state index contributed by atoms with van der Waals surface area (Å²) in [5.41, 5.74) is 1.30. The number of nitrogens with zero attached hydrogens (tertiary/aromatic N) is 4. The Morgan fingerprint density at radius 3 is 3.00 bits per heavy atom. The normalized spacial score (nSPS) is 20.2. The van der Waals surface area contributed by atoms with E-state index in [1.165, 1.54) is 0 Å². The first-order chi connectivity index (χ1) is 12.3. The largest absolute Gasteiger partial charge is 0.376 e. The zero-order chi connectivity index (χ0) is 17.1. The molecule has 0 spiro atoms. The molecule has 0 aromatic carbocycles. The van der Waals surface area contributed by atoms with Crippen molar-refractivity contribution in [3.05, 3.63) is 36.3 Å². The van der Waals surface area contributed by atoms with Crippen LogP contribution in [0.1, 0.15) is 36.0 Å². The molecule has 0 bridgehead atoms. The highest BCUT2D eigenvalue weighted by Gasteiger charge is 2.21. The first-order valence-electron chi connectivity index (χ1n) is 8.95. The number of rotatable bonds is 5. The first kappa shape index (κ1) is 16.1. The predicted molar refractivity (Wildman–Crippen MR) is 94.8 cm³/mol. The number of aromatic nitrogens is 3. The lowest BCUT2D eigenvalue weighted by Crippen LogP contribution is -2.24. The molecule has 132 valence electrons. The maximum atomic E-state index is 12.7. The summed E-state index contributed by atoms with van der Waals surface area (Å²) >= 11 is 0. The zero-order valence-electron chi connectivity index (χ0n) is 14.2. The Morgan fingerprint density at radius 1 is 1.32 bits per heavy atom. The fraction of sp³-hybridized carbons (Fsp3) is 0.500. The van der Waals surface area contributed by atoms with E-state index >= 15 is 0 Å². The van der Waals surface area contributed by atoms with Crippen LogP contribution in [0, 0.1) is 0 Å². The Hall–Kier alpha value is -2.41. The van der Waals surface area contributed by atoms with Crippen molar-refractivity contribution in [1.82, 2.24) is 14.8 Å². The van der Waals surface area contributed by atoms with Crippen LogP contribution in [0.4, 0.5) is 11.5 Å². The van der Waals surface area contributed by atoms with Crippen LogP contribution in [0.2, 0.25) is 0 Å². The van der Waals surface area contributed by atoms with Gasteiger partial charge in [-0.15, -0.1) is 0 Å². The topological polar surface area (TPSA) is 72.3 Å². The lowest BCUT2D eigenvalue weighted by atomic mass is 10.2. The molecule has 4 rings (SSSR count). The summed E-state index contributed by atoms with van der Waals surface area (Å²) in [6.07, 6.45) is 9.96. The van der Waals surface area contributed by atoms with E-state index in [0.717, 1.165) is 57.7 Å². The van der Waals surface area contributed by atoms with Crippen LogP contribution in [-0.4, -0.2) is 46.5 Å². The predicted octanol–water partition coefficient (Wildman–Crippen LogP) is 2.31. The van der Waals surface area contributed by atoms with Crippen LogP contribution >= 0.6 is 0 Å². The summed E-state index contributed by atoms with van der Waals surface area (Å²) in [5.74, 6) is 0.621. The lowest BCUT2D eigenvalue weighted by Gasteiger charge is -2.19. The first-order valence-corrected chi connectivity index (χ1v) is 8.95. The SMILES string of the molecule is O=C(Nc1cnn(CC2CCCO2)c1)c1cccnc1N1CCCC1. The number of carbonyl (C=O) groups is 1. The van der Waals surface area contributed by atoms with E-state index < -0.39 is 0 Å². The fourth-order valence-corrected chi connectivity index (χ4v) is 3.48. The Balaban J connectivity index is 1.44. The van der Waals surface area contributed by atoms with Crippen molar-refractivity contribution >= 4 is 17.4 Å². The second kappa shape index (κ2) is 7.23. The van der Waals surface area contributed by atoms with Crippen molar-refractivity contribution in [3.63, 3.8) is 0 Å². The summed E-state index contributed by atoms with van der Waals surface area (Å²) in [7, 11) is 0. The molecule has 2 saturated heterocycles. The van der Waals surface area contributed by atoms with Crippen LogP contribution in [0.25, 0.3) is 0 Å². The van der Waals surface area contributed by atoms with Gasteiger partial charge >= 0.3 is 0 Å². The van der Waals surface area contributed by atoms with Gasteiger partial charge in [-0.05, 0) is 37.8 Å². The molecule has 4 heterocycles. The minimum atomic E-state index is -0.147. The van der Waals surface area contributed by atoms with Crippen LogP contribution in [0.3, 0.4) is 0 Å². The van der Waals surface area contributed by atoms with Gasteiger partial charge in [-0.3, -0.25) is 9.48 Å². The lowest BCUT2D eigenvalue weighted by molar-refractivity contribution is 0.0940. The van der Waals surface area contributed by atoms with Gasteiger partial charge in [-0.25, -0.2) is 4.98 Å². The van der Waals surface area contributed by atoms with Gasteiger partial charge in [0.2, 0.25) is 0 Å². The highest BCUT2D eigenvalue weighted by atomic mass is 16.5. The number of nitrogens with one attached hydrogen (secondary N) is 1. The summed E-state index contributed by atoms with van der Waals surface area (Å²) in [4.78, 5) is 19.3. The average molecular weight is 341 g/mol. The van der Waals surface area contributed by atoms with Crippen molar-refractivity contribution in [2.24, 2.45) is 0 Å². The minimum absolute atomic E-state index is 0.147. The van der Waals surface area contributed by atoms with Gasteiger partial charge in [0, 0.05) is 32.1 Å². The summed E-state index contributed by atoms with van der Waals surface area (Å²) in [5, 5.41) is 7.26. The second-order valence-corrected chi connectivity index (χ2v) is 6.61. The number of hydrogen-bond donors (Lipinski definition) is 1. The van der Waals surface area contributed by atoms with E-state index in [9.17, 15) is 4.79 Å². The van der Waals surface area contributed by atoms with Gasteiger partial charge in [0.15, 0.2) is 0 Å². The standard InChI is InChI=1S/C18H23N5O2/c24-18(16-6-3-7-19-17(16)22-8-1-2-9-22)21-14-11-20-23(12-14)13-15-5-4-10-25-15/h3,6-7,11-12,15H,1-2,4-5,8-10,13H2,(H,21,24). The smallest absolute Gasteiger partial charge is 0.259 e. The van der Waals surface area contributed by atoms with Crippen LogP contribution < -0.4 is 10.2 Å². The van der Waals surface area contributed by atoms with E-state index in [1.807, 2.05) is 16.9 Å². The number of amides is 1. The second-order valence-electron chi connectivity index (χ2n) is 6.61. The number of hydrogen-bond acceptors (Lipinski definition) is 5. The molecule has 2 aliphatic heterocycles. The van der Waals surface area contributed by atoms with Gasteiger partial charge in [0.05, 0.1) is 30.1 Å². The zero-order valence-corrected chi connectivity index (χ0v) is 14.2. The molecule has 0 aliphatic carbocycles. The van der Waals surface area contributed by atoms with Gasteiger partial charge in [0.1, 0.15) is 5.82 Å². The van der Waals surface area contributed by atoms with E-state index in [0.29, 0.717) is 11.3 Å². The molecule has 0 saturated carbocycles. The number of ether oxygens (including phenoxy) is 1. The fourth-order valence-electron chi connectivity index (χ4n) is 3.48. The number of anilines is 2. The Kier molecular flexibility index (Phi) is 4.65. The average Bonchev–Trinajstić information content (AvgIpc) is 3.38. The van der Waals surface area contributed by atoms with Crippen molar-refractivity contribution in [2.45, 2.75) is 38.3 Å². The molecule has 1 N–H and O–H groups in total. The third-order valence-corrected chi connectivity index (χ3v) is 4.74. The highest BCUT2D eigenvalue weighted by molar-refractivity contribution is 6.07. The van der Waals surface area contributed by atoms with Crippen molar-refractivity contribution in [3.8, 4) is 0 Å². The maximum Gasteiger partial charge on any atom is 0.259 e. The molecular weight excluding hydrogens is 318 g/mol. The summed E-state index contributed by atoms with van der Waals surface area (Å²) in [6, 6.07) is 3.63. The van der Waals surface area contributed by atoms with Crippen molar-refractivity contribution in [1.29, 1.82) is 0 Å². The van der Waals surface area contributed by atoms with Gasteiger partial charge < -0.3 is 15.0 Å². The molecule has 1 atom stereocenters. The molecule has 1 unspecified atom stereocenters. The third-order valence-electron chi connectivity index (χ3n) is 4.74. The number of carbonyl (C=O) groups excluding carboxylic acids is 1. The molecule has 25 heavy (non-hydrogen) atoms. The monoisotopic (exact) mass is 341 g/mol. The molecule has 2 aromatic heterocycles.